The number of nitrogens with two attached hydrogens (primary N) is 1. The van der Waals surface area contributed by atoms with Crippen LogP contribution in [0.15, 0.2) is 61.2 Å². The van der Waals surface area contributed by atoms with E-state index in [9.17, 15) is 4.79 Å². The van der Waals surface area contributed by atoms with Crippen LogP contribution in [0.3, 0.4) is 0 Å². The SMILES string of the molecule is C=CCC1C(=O)N(N)c2ccccc2-c2ccccc21. The van der Waals surface area contributed by atoms with E-state index >= 15 is 0 Å². The third-order valence-corrected chi connectivity index (χ3v) is 3.73. The number of carbonyl (C=O) groups is 1. The summed E-state index contributed by atoms with van der Waals surface area (Å²) in [5.41, 5.74) is 3.82. The van der Waals surface area contributed by atoms with Crippen LogP contribution in [0.4, 0.5) is 5.69 Å². The largest absolute Gasteiger partial charge is 0.272 e. The van der Waals surface area contributed by atoms with E-state index < -0.39 is 0 Å². The summed E-state index contributed by atoms with van der Waals surface area (Å²) >= 11 is 0. The number of benzene rings is 2. The second-order valence-electron chi connectivity index (χ2n) is 4.89. The quantitative estimate of drug-likeness (QED) is 0.514. The molecular weight excluding hydrogens is 248 g/mol. The Morgan fingerprint density at radius 1 is 1.10 bits per heavy atom. The van der Waals surface area contributed by atoms with Gasteiger partial charge >= 0.3 is 0 Å². The number of hydrogen-bond acceptors (Lipinski definition) is 2. The van der Waals surface area contributed by atoms with Crippen molar-refractivity contribution >= 4 is 11.6 Å². The topological polar surface area (TPSA) is 46.3 Å². The molecule has 1 unspecified atom stereocenters. The maximum Gasteiger partial charge on any atom is 0.249 e. The van der Waals surface area contributed by atoms with Gasteiger partial charge in [0, 0.05) is 5.56 Å². The minimum absolute atomic E-state index is 0.0951. The van der Waals surface area contributed by atoms with Crippen molar-refractivity contribution in [1.29, 1.82) is 0 Å². The van der Waals surface area contributed by atoms with E-state index in [0.717, 1.165) is 22.4 Å². The zero-order chi connectivity index (χ0) is 14.1. The van der Waals surface area contributed by atoms with Crippen LogP contribution in [0.2, 0.25) is 0 Å². The fraction of sp³-hybridized carbons (Fsp3) is 0.118. The number of rotatable bonds is 2. The molecule has 1 amide bonds. The van der Waals surface area contributed by atoms with Gasteiger partial charge in [-0.3, -0.25) is 4.79 Å². The minimum atomic E-state index is -0.277. The van der Waals surface area contributed by atoms with Crippen molar-refractivity contribution in [3.05, 3.63) is 66.7 Å². The van der Waals surface area contributed by atoms with Gasteiger partial charge in [-0.2, -0.15) is 0 Å². The Morgan fingerprint density at radius 3 is 2.50 bits per heavy atom. The van der Waals surface area contributed by atoms with Gasteiger partial charge < -0.3 is 0 Å². The molecule has 0 aliphatic carbocycles. The lowest BCUT2D eigenvalue weighted by molar-refractivity contribution is -0.120. The highest BCUT2D eigenvalue weighted by Crippen LogP contribution is 2.40. The third kappa shape index (κ3) is 1.84. The molecule has 0 aromatic heterocycles. The van der Waals surface area contributed by atoms with Gasteiger partial charge in [-0.1, -0.05) is 48.5 Å². The molecule has 0 radical (unpaired) electrons. The van der Waals surface area contributed by atoms with Crippen LogP contribution < -0.4 is 10.9 Å². The van der Waals surface area contributed by atoms with Gasteiger partial charge in [-0.05, 0) is 23.6 Å². The van der Waals surface area contributed by atoms with Gasteiger partial charge in [0.1, 0.15) is 0 Å². The van der Waals surface area contributed by atoms with Gasteiger partial charge in [0.25, 0.3) is 0 Å². The van der Waals surface area contributed by atoms with Crippen molar-refractivity contribution in [2.24, 2.45) is 5.84 Å². The van der Waals surface area contributed by atoms with Crippen LogP contribution in [0.1, 0.15) is 17.9 Å². The molecule has 1 heterocycles. The molecule has 1 aliphatic rings. The first kappa shape index (κ1) is 12.6. The first-order valence-corrected chi connectivity index (χ1v) is 6.62. The molecule has 20 heavy (non-hydrogen) atoms. The summed E-state index contributed by atoms with van der Waals surface area (Å²) in [6, 6.07) is 15.7. The molecule has 1 aliphatic heterocycles. The molecule has 0 spiro atoms. The minimum Gasteiger partial charge on any atom is -0.272 e. The summed E-state index contributed by atoms with van der Waals surface area (Å²) < 4.78 is 0. The van der Waals surface area contributed by atoms with Gasteiger partial charge in [0.2, 0.25) is 5.91 Å². The molecule has 2 aromatic rings. The number of fused-ring (bicyclic) bond motifs is 3. The number of allylic oxidation sites excluding steroid dienone is 1. The highest BCUT2D eigenvalue weighted by atomic mass is 16.2. The molecule has 1 atom stereocenters. The third-order valence-electron chi connectivity index (χ3n) is 3.73. The first-order chi connectivity index (χ1) is 9.74. The van der Waals surface area contributed by atoms with Gasteiger partial charge in [-0.25, -0.2) is 10.9 Å². The van der Waals surface area contributed by atoms with Crippen LogP contribution in [0, 0.1) is 0 Å². The molecule has 0 fully saturated rings. The highest BCUT2D eigenvalue weighted by molar-refractivity contribution is 6.04. The number of para-hydroxylation sites is 1. The molecule has 3 rings (SSSR count). The molecule has 2 N–H and O–H groups in total. The lowest BCUT2D eigenvalue weighted by Crippen LogP contribution is -2.40. The molecule has 0 saturated carbocycles. The van der Waals surface area contributed by atoms with E-state index in [1.54, 1.807) is 6.08 Å². The molecule has 2 aromatic carbocycles. The number of nitrogens with zero attached hydrogens (tertiary/aromatic N) is 1. The molecule has 100 valence electrons. The standard InChI is InChI=1S/C17H16N2O/c1-2-7-15-13-9-4-3-8-12(13)14-10-5-6-11-16(14)19(18)17(15)20/h2-6,8-11,15H,1,7,18H2. The Morgan fingerprint density at radius 2 is 1.75 bits per heavy atom. The van der Waals surface area contributed by atoms with Gasteiger partial charge in [-0.15, -0.1) is 6.58 Å². The van der Waals surface area contributed by atoms with E-state index in [4.69, 9.17) is 5.84 Å². The van der Waals surface area contributed by atoms with Crippen LogP contribution in [-0.4, -0.2) is 5.91 Å². The van der Waals surface area contributed by atoms with E-state index in [1.165, 1.54) is 5.01 Å². The van der Waals surface area contributed by atoms with Crippen LogP contribution in [0.25, 0.3) is 11.1 Å². The Labute approximate surface area is 118 Å². The monoisotopic (exact) mass is 264 g/mol. The second kappa shape index (κ2) is 4.94. The normalized spacial score (nSPS) is 17.1. The van der Waals surface area contributed by atoms with Crippen molar-refractivity contribution < 1.29 is 4.79 Å². The Bertz CT molecular complexity index is 678. The maximum atomic E-state index is 12.6. The number of anilines is 1. The second-order valence-corrected chi connectivity index (χ2v) is 4.89. The number of carbonyl (C=O) groups excluding carboxylic acids is 1. The Kier molecular flexibility index (Phi) is 3.12. The predicted octanol–water partition coefficient (Wildman–Crippen LogP) is 3.23. The fourth-order valence-corrected chi connectivity index (χ4v) is 2.77. The summed E-state index contributed by atoms with van der Waals surface area (Å²) in [6.45, 7) is 3.76. The molecule has 3 heteroatoms. The zero-order valence-corrected chi connectivity index (χ0v) is 11.1. The molecular formula is C17H16N2O. The summed E-state index contributed by atoms with van der Waals surface area (Å²) in [6.07, 6.45) is 2.35. The van der Waals surface area contributed by atoms with Crippen molar-refractivity contribution in [1.82, 2.24) is 0 Å². The lowest BCUT2D eigenvalue weighted by atomic mass is 9.89. The van der Waals surface area contributed by atoms with Crippen molar-refractivity contribution in [2.75, 3.05) is 5.01 Å². The maximum absolute atomic E-state index is 12.6. The molecule has 3 nitrogen and oxygen atoms in total. The van der Waals surface area contributed by atoms with Gasteiger partial charge in [0.15, 0.2) is 0 Å². The summed E-state index contributed by atoms with van der Waals surface area (Å²) in [5, 5.41) is 1.27. The predicted molar refractivity (Wildman–Crippen MR) is 81.1 cm³/mol. The molecule has 0 saturated heterocycles. The van der Waals surface area contributed by atoms with E-state index in [1.807, 2.05) is 48.5 Å². The van der Waals surface area contributed by atoms with Crippen LogP contribution in [0.5, 0.6) is 0 Å². The van der Waals surface area contributed by atoms with Crippen molar-refractivity contribution in [3.63, 3.8) is 0 Å². The van der Waals surface area contributed by atoms with Crippen LogP contribution >= 0.6 is 0 Å². The van der Waals surface area contributed by atoms with Crippen molar-refractivity contribution in [2.45, 2.75) is 12.3 Å². The van der Waals surface area contributed by atoms with Crippen molar-refractivity contribution in [3.8, 4) is 11.1 Å². The zero-order valence-electron chi connectivity index (χ0n) is 11.1. The fourth-order valence-electron chi connectivity index (χ4n) is 2.77. The summed E-state index contributed by atoms with van der Waals surface area (Å²) in [4.78, 5) is 12.6. The lowest BCUT2D eigenvalue weighted by Gasteiger charge is -2.20. The van der Waals surface area contributed by atoms with E-state index in [-0.39, 0.29) is 11.8 Å². The van der Waals surface area contributed by atoms with E-state index in [0.29, 0.717) is 6.42 Å². The summed E-state index contributed by atoms with van der Waals surface area (Å²) in [7, 11) is 0. The molecule has 0 bridgehead atoms. The number of hydrazine groups is 1. The Balaban J connectivity index is 2.30. The Hall–Kier alpha value is -2.39. The number of hydrogen-bond donors (Lipinski definition) is 1. The first-order valence-electron chi connectivity index (χ1n) is 6.62. The highest BCUT2D eigenvalue weighted by Gasteiger charge is 2.31. The number of amides is 1. The smallest absolute Gasteiger partial charge is 0.249 e. The van der Waals surface area contributed by atoms with Crippen LogP contribution in [-0.2, 0) is 4.79 Å². The average molecular weight is 264 g/mol. The average Bonchev–Trinajstić information content (AvgIpc) is 2.58. The summed E-state index contributed by atoms with van der Waals surface area (Å²) in [5.74, 6) is 5.67. The van der Waals surface area contributed by atoms with E-state index in [2.05, 4.69) is 6.58 Å². The van der Waals surface area contributed by atoms with Gasteiger partial charge in [0.05, 0.1) is 11.6 Å².